The first-order valence-corrected chi connectivity index (χ1v) is 7.39. The molecule has 3 rings (SSSR count). The lowest BCUT2D eigenvalue weighted by molar-refractivity contribution is -0.115. The number of anilines is 1. The summed E-state index contributed by atoms with van der Waals surface area (Å²) in [5, 5.41) is 2.77. The molecule has 1 aliphatic heterocycles. The highest BCUT2D eigenvalue weighted by atomic mass is 16.5. The largest absolute Gasteiger partial charge is 0.379 e. The molecular weight excluding hydrogens is 268 g/mol. The van der Waals surface area contributed by atoms with Gasteiger partial charge >= 0.3 is 0 Å². The predicted molar refractivity (Wildman–Crippen MR) is 79.3 cm³/mol. The third-order valence-electron chi connectivity index (χ3n) is 3.95. The third-order valence-corrected chi connectivity index (χ3v) is 3.95. The minimum Gasteiger partial charge on any atom is -0.379 e. The highest BCUT2D eigenvalue weighted by molar-refractivity contribution is 6.02. The van der Waals surface area contributed by atoms with Gasteiger partial charge in [-0.1, -0.05) is 6.07 Å². The minimum absolute atomic E-state index is 0.0172. The minimum atomic E-state index is -0.0472. The van der Waals surface area contributed by atoms with Crippen LogP contribution in [0.15, 0.2) is 18.2 Å². The Hall–Kier alpha value is -1.88. The summed E-state index contributed by atoms with van der Waals surface area (Å²) in [4.78, 5) is 25.3. The fraction of sp³-hybridized carbons (Fsp3) is 0.500. The summed E-state index contributed by atoms with van der Waals surface area (Å²) >= 11 is 0. The van der Waals surface area contributed by atoms with Crippen molar-refractivity contribution < 1.29 is 14.3 Å². The number of benzene rings is 1. The fourth-order valence-electron chi connectivity index (χ4n) is 2.41. The first-order chi connectivity index (χ1) is 10.1. The van der Waals surface area contributed by atoms with Crippen LogP contribution in [0.25, 0.3) is 0 Å². The topological polar surface area (TPSA) is 58.6 Å². The molecule has 2 amide bonds. The van der Waals surface area contributed by atoms with Crippen LogP contribution in [0.1, 0.15) is 28.8 Å². The van der Waals surface area contributed by atoms with Crippen molar-refractivity contribution in [2.45, 2.75) is 19.3 Å². The van der Waals surface area contributed by atoms with Gasteiger partial charge in [-0.15, -0.1) is 0 Å². The van der Waals surface area contributed by atoms with Gasteiger partial charge in [0.05, 0.1) is 13.0 Å². The molecule has 21 heavy (non-hydrogen) atoms. The Morgan fingerprint density at radius 3 is 3.00 bits per heavy atom. The molecule has 112 valence electrons. The quantitative estimate of drug-likeness (QED) is 0.810. The van der Waals surface area contributed by atoms with Gasteiger partial charge < -0.3 is 15.0 Å². The van der Waals surface area contributed by atoms with Crippen LogP contribution in [0.3, 0.4) is 0 Å². The van der Waals surface area contributed by atoms with Gasteiger partial charge in [-0.05, 0) is 36.5 Å². The van der Waals surface area contributed by atoms with Crippen LogP contribution in [0.5, 0.6) is 0 Å². The Labute approximate surface area is 124 Å². The predicted octanol–water partition coefficient (Wildman–Crippen LogP) is 1.68. The van der Waals surface area contributed by atoms with E-state index in [9.17, 15) is 9.59 Å². The van der Waals surface area contributed by atoms with Crippen LogP contribution in [-0.4, -0.2) is 43.5 Å². The highest BCUT2D eigenvalue weighted by Crippen LogP contribution is 2.28. The maximum atomic E-state index is 12.3. The van der Waals surface area contributed by atoms with E-state index in [2.05, 4.69) is 5.32 Å². The molecule has 1 aliphatic carbocycles. The molecule has 0 atom stereocenters. The van der Waals surface area contributed by atoms with Crippen molar-refractivity contribution in [3.63, 3.8) is 0 Å². The summed E-state index contributed by atoms with van der Waals surface area (Å²) in [6.45, 7) is 1.96. The van der Waals surface area contributed by atoms with Crippen LogP contribution in [0.2, 0.25) is 0 Å². The number of fused-ring (bicyclic) bond motifs is 1. The summed E-state index contributed by atoms with van der Waals surface area (Å²) in [6.07, 6.45) is 2.94. The molecule has 0 bridgehead atoms. The van der Waals surface area contributed by atoms with Crippen LogP contribution < -0.4 is 5.32 Å². The summed E-state index contributed by atoms with van der Waals surface area (Å²) < 4.78 is 5.55. The van der Waals surface area contributed by atoms with Gasteiger partial charge in [-0.2, -0.15) is 0 Å². The molecule has 1 fully saturated rings. The Bertz CT molecular complexity index is 567. The lowest BCUT2D eigenvalue weighted by Gasteiger charge is -2.17. The van der Waals surface area contributed by atoms with Crippen molar-refractivity contribution in [1.82, 2.24) is 4.90 Å². The number of ether oxygens (including phenoxy) is 1. The molecular formula is C16H20N2O3. The smallest absolute Gasteiger partial charge is 0.253 e. The molecule has 0 spiro atoms. The molecule has 1 heterocycles. The lowest BCUT2D eigenvalue weighted by atomic mass is 10.1. The van der Waals surface area contributed by atoms with Crippen molar-refractivity contribution in [3.05, 3.63) is 29.3 Å². The molecule has 0 radical (unpaired) electrons. The van der Waals surface area contributed by atoms with Crippen LogP contribution in [-0.2, 0) is 16.0 Å². The molecule has 0 unspecified atom stereocenters. The molecule has 1 aromatic rings. The van der Waals surface area contributed by atoms with Crippen LogP contribution in [0, 0.1) is 5.92 Å². The van der Waals surface area contributed by atoms with Crippen molar-refractivity contribution in [3.8, 4) is 0 Å². The number of hydrogen-bond donors (Lipinski definition) is 1. The van der Waals surface area contributed by atoms with E-state index in [0.29, 0.717) is 25.1 Å². The summed E-state index contributed by atoms with van der Waals surface area (Å²) in [6, 6.07) is 5.38. The van der Waals surface area contributed by atoms with Crippen LogP contribution >= 0.6 is 0 Å². The monoisotopic (exact) mass is 288 g/mol. The molecule has 5 nitrogen and oxygen atoms in total. The lowest BCUT2D eigenvalue weighted by Crippen LogP contribution is -2.30. The van der Waals surface area contributed by atoms with Crippen molar-refractivity contribution in [1.29, 1.82) is 0 Å². The molecule has 2 aliphatic rings. The van der Waals surface area contributed by atoms with Crippen molar-refractivity contribution in [2.75, 3.05) is 32.1 Å². The zero-order chi connectivity index (χ0) is 14.8. The number of nitrogens with one attached hydrogen (secondary N) is 1. The summed E-state index contributed by atoms with van der Waals surface area (Å²) in [5.74, 6) is 0.678. The zero-order valence-electron chi connectivity index (χ0n) is 12.2. The van der Waals surface area contributed by atoms with E-state index in [0.717, 1.165) is 23.8 Å². The summed E-state index contributed by atoms with van der Waals surface area (Å²) in [7, 11) is 1.77. The summed E-state index contributed by atoms with van der Waals surface area (Å²) in [5.41, 5.74) is 2.30. The van der Waals surface area contributed by atoms with Gasteiger partial charge in [-0.25, -0.2) is 0 Å². The van der Waals surface area contributed by atoms with Gasteiger partial charge in [0.2, 0.25) is 5.91 Å². The first kappa shape index (κ1) is 14.1. The maximum Gasteiger partial charge on any atom is 0.253 e. The average molecular weight is 288 g/mol. The molecule has 1 aromatic carbocycles. The Kier molecular flexibility index (Phi) is 3.92. The number of hydrogen-bond acceptors (Lipinski definition) is 3. The molecule has 0 aromatic heterocycles. The Balaban J connectivity index is 1.54. The van der Waals surface area contributed by atoms with E-state index >= 15 is 0 Å². The number of nitrogens with zero attached hydrogens (tertiary/aromatic N) is 1. The van der Waals surface area contributed by atoms with E-state index in [1.54, 1.807) is 24.1 Å². The first-order valence-electron chi connectivity index (χ1n) is 7.39. The van der Waals surface area contributed by atoms with E-state index in [4.69, 9.17) is 4.74 Å². The second-order valence-electron chi connectivity index (χ2n) is 5.84. The normalized spacial score (nSPS) is 16.5. The second kappa shape index (κ2) is 5.85. The van der Waals surface area contributed by atoms with E-state index in [1.165, 1.54) is 12.8 Å². The highest BCUT2D eigenvalue weighted by Gasteiger charge is 2.22. The van der Waals surface area contributed by atoms with Gasteiger partial charge in [0.1, 0.15) is 0 Å². The number of amides is 2. The molecule has 1 saturated carbocycles. The van der Waals surface area contributed by atoms with Crippen molar-refractivity contribution >= 4 is 17.5 Å². The molecule has 5 heteroatoms. The Morgan fingerprint density at radius 1 is 1.43 bits per heavy atom. The van der Waals surface area contributed by atoms with Gasteiger partial charge in [0.25, 0.3) is 5.91 Å². The Morgan fingerprint density at radius 2 is 2.24 bits per heavy atom. The zero-order valence-corrected chi connectivity index (χ0v) is 12.2. The van der Waals surface area contributed by atoms with Crippen LogP contribution in [0.4, 0.5) is 5.69 Å². The van der Waals surface area contributed by atoms with Gasteiger partial charge in [-0.3, -0.25) is 9.59 Å². The molecule has 1 N–H and O–H groups in total. The number of carbonyl (C=O) groups excluding carboxylic acids is 2. The average Bonchev–Trinajstić information content (AvgIpc) is 3.21. The maximum absolute atomic E-state index is 12.3. The molecule has 0 saturated heterocycles. The second-order valence-corrected chi connectivity index (χ2v) is 5.84. The number of carbonyl (C=O) groups is 2. The van der Waals surface area contributed by atoms with E-state index in [-0.39, 0.29) is 11.8 Å². The fourth-order valence-corrected chi connectivity index (χ4v) is 2.41. The standard InChI is InChI=1S/C16H20N2O3/c1-18(6-7-21-10-11-2-3-11)16(20)13-5-4-12-9-15(19)17-14(12)8-13/h4-5,8,11H,2-3,6-7,9-10H2,1H3,(H,17,19). The van der Waals surface area contributed by atoms with Gasteiger partial charge in [0.15, 0.2) is 0 Å². The van der Waals surface area contributed by atoms with E-state index in [1.807, 2.05) is 6.07 Å². The third kappa shape index (κ3) is 3.42. The SMILES string of the molecule is CN(CCOCC1CC1)C(=O)c1ccc2c(c1)NC(=O)C2. The van der Waals surface area contributed by atoms with Gasteiger partial charge in [0, 0.05) is 31.5 Å². The number of rotatable bonds is 6. The number of likely N-dealkylation sites (N-methyl/N-ethyl adjacent to an activating group) is 1. The van der Waals surface area contributed by atoms with E-state index < -0.39 is 0 Å². The van der Waals surface area contributed by atoms with Crippen molar-refractivity contribution in [2.24, 2.45) is 5.92 Å².